The quantitative estimate of drug-likeness (QED) is 0.0627. The number of hydrogen-bond donors (Lipinski definition) is 2. The molecule has 0 spiro atoms. The van der Waals surface area contributed by atoms with E-state index in [0.29, 0.717) is 18.1 Å². The maximum Gasteiger partial charge on any atom is 0.420 e. The second kappa shape index (κ2) is 20.7. The molecule has 3 N–H and O–H groups in total. The average molecular weight is 704 g/mol. The van der Waals surface area contributed by atoms with E-state index in [1.165, 1.54) is 16.3 Å². The number of amidine groups is 1. The van der Waals surface area contributed by atoms with Crippen molar-refractivity contribution in [2.75, 3.05) is 18.5 Å². The summed E-state index contributed by atoms with van der Waals surface area (Å²) in [5.41, 5.74) is 8.86. The maximum atomic E-state index is 12.7. The number of halogens is 1. The van der Waals surface area contributed by atoms with Crippen molar-refractivity contribution in [1.82, 2.24) is 9.55 Å². The van der Waals surface area contributed by atoms with Gasteiger partial charge in [-0.2, -0.15) is 0 Å². The van der Waals surface area contributed by atoms with E-state index in [4.69, 9.17) is 20.6 Å². The van der Waals surface area contributed by atoms with E-state index in [1.54, 1.807) is 34.6 Å². The van der Waals surface area contributed by atoms with Crippen molar-refractivity contribution in [3.8, 4) is 11.4 Å². The van der Waals surface area contributed by atoms with Gasteiger partial charge < -0.3 is 19.9 Å². The number of alkyl halides is 1. The van der Waals surface area contributed by atoms with E-state index in [9.17, 15) is 19.2 Å². The highest BCUT2D eigenvalue weighted by molar-refractivity contribution is 9.09. The topological polar surface area (TPSA) is 164 Å². The van der Waals surface area contributed by atoms with Crippen molar-refractivity contribution in [3.63, 3.8) is 0 Å². The number of imidazole rings is 1. The predicted octanol–water partition coefficient (Wildman–Crippen LogP) is 6.57. The number of nitrogens with two attached hydrogens (primary N) is 1. The number of rotatable bonds is 9. The Kier molecular flexibility index (Phi) is 18.7. The Bertz CT molecular complexity index is 1430. The highest BCUT2D eigenvalue weighted by Gasteiger charge is 2.25. The van der Waals surface area contributed by atoms with Crippen LogP contribution in [0.4, 0.5) is 4.79 Å². The van der Waals surface area contributed by atoms with Gasteiger partial charge in [0.2, 0.25) is 0 Å². The van der Waals surface area contributed by atoms with Crippen molar-refractivity contribution < 1.29 is 33.4 Å². The van der Waals surface area contributed by atoms with Crippen LogP contribution in [0.25, 0.3) is 11.4 Å². The standard InChI is InChI=1S/C19H24N2O4.C8H10N2.C6H9BrO3.CH4/c1-6-24-16(22)11-15-12-20-17(14-9-7-13(2)8-10-14)21(15)18(23)25-19(3,4)5;1-6-2-4-7(5-3-6)8(9)10;1-2-10-6(9)3-5(8)4-7;/h7-10,12H,6,11H2,1-5H3;2-5H,1H3,(H3,9,10);2-4H2,1H3;1H4. The molecule has 3 rings (SSSR count). The number of nitrogens with one attached hydrogen (secondary N) is 1. The molecule has 3 aromatic rings. The molecule has 0 saturated carbocycles. The number of ketones is 1. The van der Waals surface area contributed by atoms with E-state index in [1.807, 2.05) is 62.4 Å². The summed E-state index contributed by atoms with van der Waals surface area (Å²) in [6.07, 6.45) is 0.765. The molecule has 0 amide bonds. The minimum absolute atomic E-state index is 0. The van der Waals surface area contributed by atoms with Crippen LogP contribution in [0.5, 0.6) is 0 Å². The summed E-state index contributed by atoms with van der Waals surface area (Å²) in [4.78, 5) is 50.0. The van der Waals surface area contributed by atoms with Gasteiger partial charge in [-0.25, -0.2) is 14.3 Å². The van der Waals surface area contributed by atoms with Crippen LogP contribution in [0.3, 0.4) is 0 Å². The van der Waals surface area contributed by atoms with Gasteiger partial charge in [-0.05, 0) is 48.5 Å². The van der Waals surface area contributed by atoms with E-state index in [0.717, 1.165) is 16.7 Å². The summed E-state index contributed by atoms with van der Waals surface area (Å²) >= 11 is 2.94. The summed E-state index contributed by atoms with van der Waals surface area (Å²) in [7, 11) is 0. The van der Waals surface area contributed by atoms with Gasteiger partial charge in [0, 0.05) is 11.1 Å². The summed E-state index contributed by atoms with van der Waals surface area (Å²) in [5, 5.41) is 7.30. The van der Waals surface area contributed by atoms with Crippen molar-refractivity contribution in [1.29, 1.82) is 5.41 Å². The molecule has 0 saturated heterocycles. The van der Waals surface area contributed by atoms with Gasteiger partial charge in [0.1, 0.15) is 23.7 Å². The Morgan fingerprint density at radius 2 is 1.39 bits per heavy atom. The Balaban J connectivity index is 0.000000795. The molecule has 0 fully saturated rings. The second-order valence-corrected chi connectivity index (χ2v) is 11.2. The SMILES string of the molecule is C.CCOC(=O)CC(=O)CBr.CCOC(=O)Cc1cnc(-c2ccc(C)cc2)n1C(=O)OC(C)(C)C.Cc1ccc(C(=N)N)cc1. The fraction of sp³-hybridized carbons (Fsp3) is 0.412. The first-order chi connectivity index (χ1) is 21.1. The summed E-state index contributed by atoms with van der Waals surface area (Å²) in [5.74, 6) is -0.457. The lowest BCUT2D eigenvalue weighted by Crippen LogP contribution is -2.29. The lowest BCUT2D eigenvalue weighted by atomic mass is 10.1. The normalized spacial score (nSPS) is 10.1. The van der Waals surface area contributed by atoms with Crippen molar-refractivity contribution in [3.05, 3.63) is 77.1 Å². The molecule has 0 unspecified atom stereocenters. The molecule has 46 heavy (non-hydrogen) atoms. The number of ether oxygens (including phenoxy) is 3. The number of esters is 2. The smallest absolute Gasteiger partial charge is 0.420 e. The number of nitrogens with zero attached hydrogens (tertiary/aromatic N) is 2. The largest absolute Gasteiger partial charge is 0.466 e. The number of benzene rings is 2. The fourth-order valence-corrected chi connectivity index (χ4v) is 3.64. The number of aryl methyl sites for hydroxylation is 2. The molecule has 1 heterocycles. The molecule has 2 aromatic carbocycles. The fourth-order valence-electron chi connectivity index (χ4n) is 3.44. The molecule has 0 radical (unpaired) electrons. The minimum atomic E-state index is -0.660. The molecule has 1 aromatic heterocycles. The molecular formula is C34H47BrN4O7. The maximum absolute atomic E-state index is 12.7. The Morgan fingerprint density at radius 1 is 0.891 bits per heavy atom. The van der Waals surface area contributed by atoms with Crippen molar-refractivity contribution in [2.45, 2.75) is 74.3 Å². The van der Waals surface area contributed by atoms with Crippen LogP contribution >= 0.6 is 15.9 Å². The first-order valence-electron chi connectivity index (χ1n) is 14.3. The Morgan fingerprint density at radius 3 is 1.85 bits per heavy atom. The first kappa shape index (κ1) is 41.7. The number of carbonyl (C=O) groups is 4. The Labute approximate surface area is 280 Å². The summed E-state index contributed by atoms with van der Waals surface area (Å²) < 4.78 is 16.3. The van der Waals surface area contributed by atoms with Crippen LogP contribution in [-0.2, 0) is 35.0 Å². The predicted molar refractivity (Wildman–Crippen MR) is 183 cm³/mol. The summed E-state index contributed by atoms with van der Waals surface area (Å²) in [6, 6.07) is 15.2. The minimum Gasteiger partial charge on any atom is -0.466 e. The van der Waals surface area contributed by atoms with Crippen LogP contribution in [0.2, 0.25) is 0 Å². The number of aromatic nitrogens is 2. The third kappa shape index (κ3) is 15.6. The van der Waals surface area contributed by atoms with Gasteiger partial charge in [0.15, 0.2) is 5.78 Å². The zero-order valence-corrected chi connectivity index (χ0v) is 28.5. The average Bonchev–Trinajstić information content (AvgIpc) is 3.37. The van der Waals surface area contributed by atoms with Gasteiger partial charge in [-0.15, -0.1) is 0 Å². The zero-order chi connectivity index (χ0) is 34.2. The molecule has 12 heteroatoms. The van der Waals surface area contributed by atoms with Gasteiger partial charge >= 0.3 is 18.0 Å². The van der Waals surface area contributed by atoms with Gasteiger partial charge in [-0.1, -0.05) is 83.0 Å². The second-order valence-electron chi connectivity index (χ2n) is 10.7. The highest BCUT2D eigenvalue weighted by Crippen LogP contribution is 2.23. The molecule has 252 valence electrons. The Hall–Kier alpha value is -4.32. The van der Waals surface area contributed by atoms with Crippen LogP contribution in [0.1, 0.15) is 70.9 Å². The third-order valence-electron chi connectivity index (χ3n) is 5.51. The lowest BCUT2D eigenvalue weighted by molar-refractivity contribution is -0.145. The van der Waals surface area contributed by atoms with Crippen molar-refractivity contribution >= 4 is 45.6 Å². The first-order valence-corrected chi connectivity index (χ1v) is 15.4. The zero-order valence-electron chi connectivity index (χ0n) is 26.9. The van der Waals surface area contributed by atoms with Gasteiger partial charge in [0.25, 0.3) is 0 Å². The molecule has 0 aliphatic heterocycles. The highest BCUT2D eigenvalue weighted by atomic mass is 79.9. The van der Waals surface area contributed by atoms with Crippen LogP contribution in [0, 0.1) is 19.3 Å². The molecular weight excluding hydrogens is 656 g/mol. The molecule has 0 aliphatic rings. The molecule has 0 atom stereocenters. The number of carbonyl (C=O) groups excluding carboxylic acids is 4. The van der Waals surface area contributed by atoms with Crippen molar-refractivity contribution in [2.24, 2.45) is 5.73 Å². The van der Waals surface area contributed by atoms with E-state index >= 15 is 0 Å². The lowest BCUT2D eigenvalue weighted by Gasteiger charge is -2.21. The van der Waals surface area contributed by atoms with Crippen LogP contribution in [0.15, 0.2) is 54.7 Å². The molecule has 0 aliphatic carbocycles. The molecule has 11 nitrogen and oxygen atoms in total. The number of Topliss-reactive ketones (excluding diaryl/α,β-unsaturated/α-hetero) is 1. The van der Waals surface area contributed by atoms with Gasteiger partial charge in [0.05, 0.1) is 36.9 Å². The third-order valence-corrected chi connectivity index (χ3v) is 6.14. The number of nitrogen functional groups attached to an aromatic ring is 1. The van der Waals surface area contributed by atoms with E-state index in [-0.39, 0.29) is 43.8 Å². The molecule has 0 bridgehead atoms. The van der Waals surface area contributed by atoms with E-state index < -0.39 is 23.6 Å². The van der Waals surface area contributed by atoms with E-state index in [2.05, 4.69) is 25.7 Å². The van der Waals surface area contributed by atoms with Crippen LogP contribution in [-0.4, -0.2) is 63.3 Å². The number of hydrogen-bond acceptors (Lipinski definition) is 9. The summed E-state index contributed by atoms with van der Waals surface area (Å²) in [6.45, 7) is 13.4. The van der Waals surface area contributed by atoms with Crippen LogP contribution < -0.4 is 5.73 Å². The van der Waals surface area contributed by atoms with Gasteiger partial charge in [-0.3, -0.25) is 19.8 Å². The monoisotopic (exact) mass is 702 g/mol.